The minimum Gasteiger partial charge on any atom is -0.325 e. The van der Waals surface area contributed by atoms with Crippen molar-refractivity contribution in [3.8, 4) is 0 Å². The highest BCUT2D eigenvalue weighted by molar-refractivity contribution is 5.86. The van der Waals surface area contributed by atoms with E-state index in [1.54, 1.807) is 0 Å². The van der Waals surface area contributed by atoms with E-state index in [9.17, 15) is 0 Å². The third-order valence-corrected chi connectivity index (χ3v) is 6.47. The summed E-state index contributed by atoms with van der Waals surface area (Å²) < 4.78 is 0. The molecular weight excluding hydrogens is 516 g/mol. The van der Waals surface area contributed by atoms with E-state index in [1.165, 1.54) is 108 Å². The standard InChI is InChI=1S/C27H49N.5ClH/c1-25(27(2,3)28)21-17-14-12-10-8-6-4-5-7-9-11-13-15-18-22-26-23-19-16-20-24-26;;;;;/h16,19-20,23-25H,4-15,17-18,21-22,28H2,1-3H3;5*1H. The van der Waals surface area contributed by atoms with E-state index in [2.05, 4.69) is 51.1 Å². The zero-order valence-electron chi connectivity index (χ0n) is 21.4. The van der Waals surface area contributed by atoms with Crippen LogP contribution in [0.25, 0.3) is 0 Å². The minimum atomic E-state index is -0.0117. The van der Waals surface area contributed by atoms with E-state index in [0.717, 1.165) is 0 Å². The number of nitrogens with two attached hydrogens (primary N) is 1. The molecule has 0 fully saturated rings. The molecule has 1 aromatic rings. The lowest BCUT2D eigenvalue weighted by atomic mass is 9.86. The van der Waals surface area contributed by atoms with E-state index >= 15 is 0 Å². The van der Waals surface area contributed by atoms with Gasteiger partial charge < -0.3 is 5.73 Å². The molecule has 0 spiro atoms. The van der Waals surface area contributed by atoms with Crippen LogP contribution >= 0.6 is 62.0 Å². The predicted octanol–water partition coefficient (Wildman–Crippen LogP) is 10.6. The van der Waals surface area contributed by atoms with Crippen molar-refractivity contribution >= 4 is 62.0 Å². The molecular formula is C27H54Cl5N. The lowest BCUT2D eigenvalue weighted by molar-refractivity contribution is 0.316. The van der Waals surface area contributed by atoms with Crippen molar-refractivity contribution in [2.75, 3.05) is 0 Å². The van der Waals surface area contributed by atoms with Crippen LogP contribution < -0.4 is 5.73 Å². The normalized spacial score (nSPS) is 11.0. The van der Waals surface area contributed by atoms with Crippen molar-refractivity contribution in [1.82, 2.24) is 0 Å². The van der Waals surface area contributed by atoms with Gasteiger partial charge in [0.2, 0.25) is 0 Å². The number of halogens is 5. The molecule has 0 aliphatic rings. The molecule has 6 heteroatoms. The monoisotopic (exact) mass is 567 g/mol. The Kier molecular flexibility index (Phi) is 38.2. The minimum absolute atomic E-state index is 0. The predicted molar refractivity (Wildman–Crippen MR) is 163 cm³/mol. The third-order valence-electron chi connectivity index (χ3n) is 6.47. The summed E-state index contributed by atoms with van der Waals surface area (Å²) >= 11 is 0. The molecule has 0 radical (unpaired) electrons. The van der Waals surface area contributed by atoms with Gasteiger partial charge >= 0.3 is 0 Å². The van der Waals surface area contributed by atoms with Crippen molar-refractivity contribution in [3.05, 3.63) is 35.9 Å². The summed E-state index contributed by atoms with van der Waals surface area (Å²) in [4.78, 5) is 0. The molecule has 0 heterocycles. The number of hydrogen-bond acceptors (Lipinski definition) is 1. The average molecular weight is 570 g/mol. The number of benzene rings is 1. The second-order valence-corrected chi connectivity index (χ2v) is 9.70. The Balaban J connectivity index is -0.000000523. The fourth-order valence-electron chi connectivity index (χ4n) is 3.92. The van der Waals surface area contributed by atoms with Crippen LogP contribution in [0.3, 0.4) is 0 Å². The summed E-state index contributed by atoms with van der Waals surface area (Å²) in [6.45, 7) is 6.61. The van der Waals surface area contributed by atoms with Gasteiger partial charge in [0.25, 0.3) is 0 Å². The third kappa shape index (κ3) is 27.1. The van der Waals surface area contributed by atoms with Crippen LogP contribution in [0.5, 0.6) is 0 Å². The van der Waals surface area contributed by atoms with Gasteiger partial charge in [0.05, 0.1) is 0 Å². The van der Waals surface area contributed by atoms with Crippen molar-refractivity contribution in [1.29, 1.82) is 0 Å². The van der Waals surface area contributed by atoms with Gasteiger partial charge in [0.15, 0.2) is 0 Å². The molecule has 1 atom stereocenters. The number of unbranched alkanes of at least 4 members (excludes halogenated alkanes) is 13. The van der Waals surface area contributed by atoms with Gasteiger partial charge in [-0.15, -0.1) is 62.0 Å². The molecule has 33 heavy (non-hydrogen) atoms. The molecule has 1 aromatic carbocycles. The molecule has 0 aliphatic heterocycles. The van der Waals surface area contributed by atoms with Crippen molar-refractivity contribution in [2.24, 2.45) is 11.7 Å². The average Bonchev–Trinajstić information content (AvgIpc) is 2.67. The lowest BCUT2D eigenvalue weighted by Crippen LogP contribution is -2.39. The zero-order valence-corrected chi connectivity index (χ0v) is 25.5. The van der Waals surface area contributed by atoms with E-state index in [1.807, 2.05) is 0 Å². The Hall–Kier alpha value is 0.630. The highest BCUT2D eigenvalue weighted by Gasteiger charge is 2.19. The molecule has 1 nitrogen and oxygen atoms in total. The van der Waals surface area contributed by atoms with Crippen LogP contribution in [-0.2, 0) is 6.42 Å². The number of rotatable bonds is 18. The summed E-state index contributed by atoms with van der Waals surface area (Å²) in [5.74, 6) is 0.636. The van der Waals surface area contributed by atoms with Crippen LogP contribution in [0.2, 0.25) is 0 Å². The Morgan fingerprint density at radius 1 is 0.576 bits per heavy atom. The summed E-state index contributed by atoms with van der Waals surface area (Å²) in [5, 5.41) is 0. The first-order valence-corrected chi connectivity index (χ1v) is 12.3. The van der Waals surface area contributed by atoms with Crippen molar-refractivity contribution in [2.45, 2.75) is 129 Å². The van der Waals surface area contributed by atoms with E-state index in [-0.39, 0.29) is 67.6 Å². The van der Waals surface area contributed by atoms with E-state index in [4.69, 9.17) is 5.73 Å². The van der Waals surface area contributed by atoms with Crippen LogP contribution in [0.15, 0.2) is 30.3 Å². The van der Waals surface area contributed by atoms with Gasteiger partial charge in [-0.2, -0.15) is 0 Å². The molecule has 0 amide bonds. The van der Waals surface area contributed by atoms with Gasteiger partial charge in [0.1, 0.15) is 0 Å². The Morgan fingerprint density at radius 3 is 1.27 bits per heavy atom. The summed E-state index contributed by atoms with van der Waals surface area (Å²) in [6, 6.07) is 10.9. The first kappa shape index (κ1) is 43.7. The summed E-state index contributed by atoms with van der Waals surface area (Å²) in [5.41, 5.74) is 7.65. The molecule has 0 saturated heterocycles. The Bertz CT molecular complexity index is 465. The topological polar surface area (TPSA) is 26.0 Å². The molecule has 1 unspecified atom stereocenters. The van der Waals surface area contributed by atoms with Crippen LogP contribution in [0.4, 0.5) is 0 Å². The van der Waals surface area contributed by atoms with Gasteiger partial charge in [-0.1, -0.05) is 121 Å². The zero-order chi connectivity index (χ0) is 20.5. The summed E-state index contributed by atoms with van der Waals surface area (Å²) in [6.07, 6.45) is 22.4. The first-order valence-electron chi connectivity index (χ1n) is 12.3. The van der Waals surface area contributed by atoms with Crippen molar-refractivity contribution < 1.29 is 0 Å². The largest absolute Gasteiger partial charge is 0.325 e. The smallest absolute Gasteiger partial charge is 0.0123 e. The Labute approximate surface area is 237 Å². The second-order valence-electron chi connectivity index (χ2n) is 9.70. The van der Waals surface area contributed by atoms with Gasteiger partial charge in [-0.05, 0) is 44.6 Å². The highest BCUT2D eigenvalue weighted by atomic mass is 35.5. The maximum atomic E-state index is 6.16. The molecule has 0 aliphatic carbocycles. The van der Waals surface area contributed by atoms with E-state index < -0.39 is 0 Å². The number of hydrogen-bond donors (Lipinski definition) is 1. The maximum absolute atomic E-state index is 6.16. The summed E-state index contributed by atoms with van der Waals surface area (Å²) in [7, 11) is 0. The van der Waals surface area contributed by atoms with Crippen LogP contribution in [-0.4, -0.2) is 5.54 Å². The fourth-order valence-corrected chi connectivity index (χ4v) is 3.92. The molecule has 2 N–H and O–H groups in total. The quantitative estimate of drug-likeness (QED) is 0.175. The van der Waals surface area contributed by atoms with Gasteiger partial charge in [0, 0.05) is 5.54 Å². The van der Waals surface area contributed by atoms with Crippen LogP contribution in [0.1, 0.15) is 123 Å². The second kappa shape index (κ2) is 28.9. The maximum Gasteiger partial charge on any atom is 0.0123 e. The van der Waals surface area contributed by atoms with Crippen LogP contribution in [0, 0.1) is 5.92 Å². The Morgan fingerprint density at radius 2 is 0.909 bits per heavy atom. The lowest BCUT2D eigenvalue weighted by Gasteiger charge is -2.27. The number of aryl methyl sites for hydroxylation is 1. The fraction of sp³-hybridized carbons (Fsp3) is 0.778. The SMILES string of the molecule is CC(CCCCCCCCCCCCCCCCc1ccccc1)C(C)(C)N.Cl.Cl.Cl.Cl.Cl. The molecule has 0 saturated carbocycles. The molecule has 0 aromatic heterocycles. The highest BCUT2D eigenvalue weighted by Crippen LogP contribution is 2.20. The van der Waals surface area contributed by atoms with E-state index in [0.29, 0.717) is 5.92 Å². The van der Waals surface area contributed by atoms with Gasteiger partial charge in [-0.25, -0.2) is 0 Å². The first-order chi connectivity index (χ1) is 13.5. The molecule has 202 valence electrons. The molecule has 1 rings (SSSR count). The van der Waals surface area contributed by atoms with Crippen molar-refractivity contribution in [3.63, 3.8) is 0 Å². The molecule has 0 bridgehead atoms. The van der Waals surface area contributed by atoms with Gasteiger partial charge in [-0.3, -0.25) is 0 Å².